The molecule has 1 unspecified atom stereocenters. The van der Waals surface area contributed by atoms with Crippen molar-refractivity contribution in [1.29, 1.82) is 5.26 Å². The molecule has 0 bridgehead atoms. The monoisotopic (exact) mass is 163 g/mol. The number of nitriles is 1. The minimum atomic E-state index is 0.240. The molecule has 1 rings (SSSR count). The average molecular weight is 163 g/mol. The third-order valence-electron chi connectivity index (χ3n) is 2.16. The van der Waals surface area contributed by atoms with E-state index in [1.165, 1.54) is 0 Å². The van der Waals surface area contributed by atoms with Crippen molar-refractivity contribution in [2.24, 2.45) is 5.92 Å². The van der Waals surface area contributed by atoms with E-state index in [1.807, 2.05) is 6.08 Å². The highest BCUT2D eigenvalue weighted by atomic mass is 16.1. The van der Waals surface area contributed by atoms with Crippen molar-refractivity contribution in [3.8, 4) is 6.07 Å². The molecule has 0 aromatic rings. The molecule has 0 fully saturated rings. The van der Waals surface area contributed by atoms with Crippen LogP contribution in [0.25, 0.3) is 0 Å². The van der Waals surface area contributed by atoms with Crippen LogP contribution in [-0.4, -0.2) is 5.78 Å². The van der Waals surface area contributed by atoms with Crippen molar-refractivity contribution < 1.29 is 4.79 Å². The van der Waals surface area contributed by atoms with E-state index in [1.54, 1.807) is 0 Å². The molecule has 1 aliphatic carbocycles. The fraction of sp³-hybridized carbons (Fsp3) is 0.600. The molecular weight excluding hydrogens is 150 g/mol. The molecule has 0 saturated carbocycles. The molecule has 12 heavy (non-hydrogen) atoms. The summed E-state index contributed by atoms with van der Waals surface area (Å²) in [5, 5.41) is 8.35. The van der Waals surface area contributed by atoms with E-state index >= 15 is 0 Å². The summed E-state index contributed by atoms with van der Waals surface area (Å²) >= 11 is 0. The highest BCUT2D eigenvalue weighted by molar-refractivity contribution is 5.96. The number of carbonyl (C=O) groups excluding carboxylic acids is 1. The molecule has 0 amide bonds. The topological polar surface area (TPSA) is 40.9 Å². The van der Waals surface area contributed by atoms with Gasteiger partial charge < -0.3 is 0 Å². The molecule has 0 aliphatic heterocycles. The second-order valence-electron chi connectivity index (χ2n) is 3.36. The van der Waals surface area contributed by atoms with E-state index in [-0.39, 0.29) is 5.78 Å². The lowest BCUT2D eigenvalue weighted by molar-refractivity contribution is -0.116. The van der Waals surface area contributed by atoms with Gasteiger partial charge in [-0.3, -0.25) is 4.79 Å². The van der Waals surface area contributed by atoms with Gasteiger partial charge in [0.05, 0.1) is 6.07 Å². The van der Waals surface area contributed by atoms with Crippen LogP contribution in [-0.2, 0) is 4.79 Å². The van der Waals surface area contributed by atoms with Crippen LogP contribution in [0.2, 0.25) is 0 Å². The molecule has 0 spiro atoms. The first-order valence-electron chi connectivity index (χ1n) is 4.33. The molecule has 2 heteroatoms. The normalized spacial score (nSPS) is 23.2. The smallest absolute Gasteiger partial charge is 0.158 e. The van der Waals surface area contributed by atoms with Crippen LogP contribution in [0.4, 0.5) is 0 Å². The molecular formula is C10H13NO. The van der Waals surface area contributed by atoms with Crippen LogP contribution in [0.5, 0.6) is 0 Å². The highest BCUT2D eigenvalue weighted by Crippen LogP contribution is 2.22. The lowest BCUT2D eigenvalue weighted by Crippen LogP contribution is -2.13. The first kappa shape index (κ1) is 8.99. The summed E-state index contributed by atoms with van der Waals surface area (Å²) in [7, 11) is 0. The van der Waals surface area contributed by atoms with E-state index in [4.69, 9.17) is 5.26 Å². The average Bonchev–Trinajstić information content (AvgIpc) is 2.03. The second kappa shape index (κ2) is 4.06. The molecule has 0 N–H and O–H groups in total. The first-order chi connectivity index (χ1) is 5.74. The van der Waals surface area contributed by atoms with Gasteiger partial charge in [-0.05, 0) is 24.3 Å². The molecule has 0 saturated heterocycles. The van der Waals surface area contributed by atoms with E-state index < -0.39 is 0 Å². The van der Waals surface area contributed by atoms with Crippen molar-refractivity contribution in [2.75, 3.05) is 0 Å². The van der Waals surface area contributed by atoms with Crippen molar-refractivity contribution in [3.05, 3.63) is 11.6 Å². The maximum absolute atomic E-state index is 11.3. The number of hydrogen-bond acceptors (Lipinski definition) is 2. The van der Waals surface area contributed by atoms with Gasteiger partial charge in [0.1, 0.15) is 0 Å². The fourth-order valence-corrected chi connectivity index (χ4v) is 1.42. The highest BCUT2D eigenvalue weighted by Gasteiger charge is 2.17. The first-order valence-corrected chi connectivity index (χ1v) is 4.33. The Morgan fingerprint density at radius 2 is 2.50 bits per heavy atom. The van der Waals surface area contributed by atoms with Crippen LogP contribution < -0.4 is 0 Å². The van der Waals surface area contributed by atoms with Crippen molar-refractivity contribution in [2.45, 2.75) is 32.6 Å². The van der Waals surface area contributed by atoms with Crippen molar-refractivity contribution >= 4 is 5.78 Å². The number of nitrogens with zero attached hydrogens (tertiary/aromatic N) is 1. The Hall–Kier alpha value is -1.10. The fourth-order valence-electron chi connectivity index (χ4n) is 1.42. The maximum atomic E-state index is 11.3. The minimum absolute atomic E-state index is 0.240. The summed E-state index contributed by atoms with van der Waals surface area (Å²) in [6, 6.07) is 2.05. The number of hydrogen-bond donors (Lipinski definition) is 0. The number of rotatable bonds is 2. The molecule has 0 radical (unpaired) electrons. The zero-order valence-corrected chi connectivity index (χ0v) is 7.34. The van der Waals surface area contributed by atoms with Crippen LogP contribution in [0.1, 0.15) is 32.6 Å². The summed E-state index contributed by atoms with van der Waals surface area (Å²) < 4.78 is 0. The van der Waals surface area contributed by atoms with Gasteiger partial charge in [-0.1, -0.05) is 13.0 Å². The number of Topliss-reactive ketones (excluding diaryl/α,β-unsaturated/α-hetero) is 1. The van der Waals surface area contributed by atoms with Gasteiger partial charge in [-0.2, -0.15) is 5.26 Å². The van der Waals surface area contributed by atoms with Crippen molar-refractivity contribution in [3.63, 3.8) is 0 Å². The van der Waals surface area contributed by atoms with Gasteiger partial charge in [0.15, 0.2) is 5.78 Å². The van der Waals surface area contributed by atoms with Crippen LogP contribution in [0.3, 0.4) is 0 Å². The van der Waals surface area contributed by atoms with E-state index in [0.29, 0.717) is 25.2 Å². The Bertz CT molecular complexity index is 247. The van der Waals surface area contributed by atoms with Crippen LogP contribution >= 0.6 is 0 Å². The molecule has 0 aromatic carbocycles. The van der Waals surface area contributed by atoms with Gasteiger partial charge in [0, 0.05) is 12.8 Å². The quantitative estimate of drug-likeness (QED) is 0.626. The molecule has 1 aliphatic rings. The maximum Gasteiger partial charge on any atom is 0.158 e. The summed E-state index contributed by atoms with van der Waals surface area (Å²) in [5.74, 6) is 0.729. The van der Waals surface area contributed by atoms with Gasteiger partial charge in [-0.15, -0.1) is 0 Å². The Kier molecular flexibility index (Phi) is 3.04. The summed E-state index contributed by atoms with van der Waals surface area (Å²) in [6.45, 7) is 2.08. The summed E-state index contributed by atoms with van der Waals surface area (Å²) in [5.41, 5.74) is 0.870. The standard InChI is InChI=1S/C10H13NO/c1-8-4-5-9(3-2-6-11)10(12)7-8/h5,8H,2-4,7H2,1H3. The Morgan fingerprint density at radius 1 is 1.75 bits per heavy atom. The molecule has 1 atom stereocenters. The predicted octanol–water partition coefficient (Wildman–Crippen LogP) is 2.22. The van der Waals surface area contributed by atoms with E-state index in [9.17, 15) is 4.79 Å². The minimum Gasteiger partial charge on any atom is -0.295 e. The lowest BCUT2D eigenvalue weighted by Gasteiger charge is -2.15. The predicted molar refractivity (Wildman–Crippen MR) is 46.3 cm³/mol. The Morgan fingerprint density at radius 3 is 3.08 bits per heavy atom. The zero-order chi connectivity index (χ0) is 8.97. The molecule has 0 aromatic heterocycles. The molecule has 64 valence electrons. The number of allylic oxidation sites excluding steroid dienone is 2. The Balaban J connectivity index is 2.54. The lowest BCUT2D eigenvalue weighted by atomic mass is 9.88. The van der Waals surface area contributed by atoms with E-state index in [0.717, 1.165) is 12.0 Å². The third kappa shape index (κ3) is 2.20. The zero-order valence-electron chi connectivity index (χ0n) is 7.34. The SMILES string of the molecule is CC1CC=C(CCC#N)C(=O)C1. The second-order valence-corrected chi connectivity index (χ2v) is 3.36. The summed E-state index contributed by atoms with van der Waals surface area (Å²) in [4.78, 5) is 11.3. The Labute approximate surface area is 72.9 Å². The number of ketones is 1. The molecule has 2 nitrogen and oxygen atoms in total. The van der Waals surface area contributed by atoms with Gasteiger partial charge in [0.25, 0.3) is 0 Å². The van der Waals surface area contributed by atoms with Gasteiger partial charge in [-0.25, -0.2) is 0 Å². The largest absolute Gasteiger partial charge is 0.295 e. The number of carbonyl (C=O) groups is 1. The van der Waals surface area contributed by atoms with Crippen molar-refractivity contribution in [1.82, 2.24) is 0 Å². The molecule has 0 heterocycles. The summed E-state index contributed by atoms with van der Waals surface area (Å²) in [6.07, 6.45) is 4.76. The van der Waals surface area contributed by atoms with Gasteiger partial charge in [0.2, 0.25) is 0 Å². The third-order valence-corrected chi connectivity index (χ3v) is 2.16. The van der Waals surface area contributed by atoms with Crippen LogP contribution in [0, 0.1) is 17.2 Å². The van der Waals surface area contributed by atoms with Gasteiger partial charge >= 0.3 is 0 Å². The van der Waals surface area contributed by atoms with E-state index in [2.05, 4.69) is 13.0 Å². The van der Waals surface area contributed by atoms with Crippen LogP contribution in [0.15, 0.2) is 11.6 Å².